The van der Waals surface area contributed by atoms with E-state index in [4.69, 9.17) is 15.0 Å². The maximum Gasteiger partial charge on any atom is 0.0937 e. The molecule has 1 aliphatic heterocycles. The molecule has 0 saturated carbocycles. The summed E-state index contributed by atoms with van der Waals surface area (Å²) in [5.74, 6) is 0. The molecule has 0 bridgehead atoms. The molecule has 5 aromatic carbocycles. The van der Waals surface area contributed by atoms with E-state index in [1.807, 2.05) is 48.7 Å². The van der Waals surface area contributed by atoms with Crippen LogP contribution in [0.25, 0.3) is 67.3 Å². The van der Waals surface area contributed by atoms with Crippen LogP contribution in [0.2, 0.25) is 0 Å². The van der Waals surface area contributed by atoms with Crippen LogP contribution in [-0.2, 0) is 5.41 Å². The molecular weight excluding hydrogens is 789 g/mol. The van der Waals surface area contributed by atoms with Crippen molar-refractivity contribution in [3.8, 4) is 67.3 Å². The molecule has 63 heavy (non-hydrogen) atoms. The van der Waals surface area contributed by atoms with Gasteiger partial charge in [0.05, 0.1) is 39.6 Å². The number of benzene rings is 5. The highest BCUT2D eigenvalue weighted by Crippen LogP contribution is 2.66. The second kappa shape index (κ2) is 14.0. The molecule has 5 aromatic heterocycles. The fourth-order valence-electron chi connectivity index (χ4n) is 10.1. The molecular formula is C56H34N6S. The highest BCUT2D eigenvalue weighted by molar-refractivity contribution is 8.00. The minimum Gasteiger partial charge on any atom is -0.308 e. The Hall–Kier alpha value is -8.00. The molecule has 0 radical (unpaired) electrons. The summed E-state index contributed by atoms with van der Waals surface area (Å²) < 4.78 is 0. The summed E-state index contributed by atoms with van der Waals surface area (Å²) in [6, 6.07) is 60.9. The van der Waals surface area contributed by atoms with Crippen molar-refractivity contribution in [2.24, 2.45) is 0 Å². The van der Waals surface area contributed by atoms with Crippen LogP contribution in [0.4, 0.5) is 17.1 Å². The van der Waals surface area contributed by atoms with E-state index < -0.39 is 5.41 Å². The Balaban J connectivity index is 1.04. The number of para-hydroxylation sites is 2. The molecule has 10 aromatic rings. The van der Waals surface area contributed by atoms with Gasteiger partial charge in [0, 0.05) is 80.5 Å². The first-order valence-electron chi connectivity index (χ1n) is 21.0. The van der Waals surface area contributed by atoms with E-state index in [1.54, 1.807) is 12.4 Å². The van der Waals surface area contributed by atoms with Crippen molar-refractivity contribution in [3.05, 3.63) is 229 Å². The van der Waals surface area contributed by atoms with Gasteiger partial charge in [-0.2, -0.15) is 0 Å². The van der Waals surface area contributed by atoms with E-state index in [2.05, 4.69) is 173 Å². The molecule has 13 rings (SSSR count). The smallest absolute Gasteiger partial charge is 0.0937 e. The van der Waals surface area contributed by atoms with E-state index in [0.29, 0.717) is 0 Å². The van der Waals surface area contributed by atoms with Gasteiger partial charge in [-0.15, -0.1) is 0 Å². The van der Waals surface area contributed by atoms with Crippen LogP contribution >= 0.6 is 11.8 Å². The van der Waals surface area contributed by atoms with E-state index in [0.717, 1.165) is 73.0 Å². The SMILES string of the molecule is c1ccc(N2c3ccccc3Sc3c2ccc2c3-c3ccccc3C23c2cccnc2-c2ncc(-c4ccccc4-c4cc(-c5cccnc5)nc(-c5cccnc5)c4)cc23)cc1. The van der Waals surface area contributed by atoms with Crippen LogP contribution < -0.4 is 4.90 Å². The molecule has 294 valence electrons. The Bertz CT molecular complexity index is 3390. The van der Waals surface area contributed by atoms with Crippen molar-refractivity contribution in [2.45, 2.75) is 15.2 Å². The van der Waals surface area contributed by atoms with Gasteiger partial charge in [0.15, 0.2) is 0 Å². The first-order chi connectivity index (χ1) is 31.3. The van der Waals surface area contributed by atoms with Crippen molar-refractivity contribution in [3.63, 3.8) is 0 Å². The minimum absolute atomic E-state index is 0.648. The third-order valence-electron chi connectivity index (χ3n) is 12.7. The molecule has 0 amide bonds. The third-order valence-corrected chi connectivity index (χ3v) is 13.9. The van der Waals surface area contributed by atoms with Crippen LogP contribution in [0, 0.1) is 0 Å². The van der Waals surface area contributed by atoms with Gasteiger partial charge in [-0.25, -0.2) is 4.98 Å². The molecule has 0 saturated heterocycles. The first kappa shape index (κ1) is 35.7. The van der Waals surface area contributed by atoms with Gasteiger partial charge in [0.1, 0.15) is 0 Å². The Morgan fingerprint density at radius 1 is 0.429 bits per heavy atom. The van der Waals surface area contributed by atoms with Crippen molar-refractivity contribution in [1.82, 2.24) is 24.9 Å². The number of hydrogen-bond donors (Lipinski definition) is 0. The molecule has 1 spiro atoms. The number of rotatable bonds is 5. The quantitative estimate of drug-likeness (QED) is 0.171. The summed E-state index contributed by atoms with van der Waals surface area (Å²) >= 11 is 1.87. The molecule has 0 fully saturated rings. The lowest BCUT2D eigenvalue weighted by atomic mass is 9.70. The zero-order valence-corrected chi connectivity index (χ0v) is 34.5. The fraction of sp³-hybridized carbons (Fsp3) is 0.0179. The molecule has 6 nitrogen and oxygen atoms in total. The maximum atomic E-state index is 5.37. The lowest BCUT2D eigenvalue weighted by Crippen LogP contribution is -2.26. The normalized spacial score (nSPS) is 15.0. The second-order valence-electron chi connectivity index (χ2n) is 16.0. The minimum atomic E-state index is -0.648. The van der Waals surface area contributed by atoms with Crippen molar-refractivity contribution in [1.29, 1.82) is 0 Å². The van der Waals surface area contributed by atoms with Crippen LogP contribution in [0.5, 0.6) is 0 Å². The number of aromatic nitrogens is 5. The van der Waals surface area contributed by atoms with Gasteiger partial charge in [-0.1, -0.05) is 103 Å². The largest absolute Gasteiger partial charge is 0.308 e. The zero-order chi connectivity index (χ0) is 41.5. The highest BCUT2D eigenvalue weighted by atomic mass is 32.2. The molecule has 7 heteroatoms. The molecule has 1 unspecified atom stereocenters. The topological polar surface area (TPSA) is 67.7 Å². The van der Waals surface area contributed by atoms with Gasteiger partial charge < -0.3 is 4.90 Å². The lowest BCUT2D eigenvalue weighted by Gasteiger charge is -2.35. The van der Waals surface area contributed by atoms with E-state index >= 15 is 0 Å². The van der Waals surface area contributed by atoms with Crippen molar-refractivity contribution < 1.29 is 0 Å². The van der Waals surface area contributed by atoms with Gasteiger partial charge >= 0.3 is 0 Å². The first-order valence-corrected chi connectivity index (χ1v) is 21.9. The standard InChI is InChI=1S/C56H34N6S/c1-2-15-39(16-3-1)62-49-22-8-9-23-51(49)63-55-50(62)25-24-44-52(55)42-19-6-7-20-43(42)56(44)45-21-12-28-59-53(45)54-46(56)29-38(34-60-54)41-18-5-4-17-40(41)37-30-47(35-13-10-26-57-32-35)61-48(31-37)36-14-11-27-58-33-36/h1-34H. The van der Waals surface area contributed by atoms with E-state index in [9.17, 15) is 0 Å². The van der Waals surface area contributed by atoms with E-state index in [-0.39, 0.29) is 0 Å². The monoisotopic (exact) mass is 822 g/mol. The Morgan fingerprint density at radius 3 is 1.84 bits per heavy atom. The Kier molecular flexibility index (Phi) is 7.95. The number of fused-ring (bicyclic) bond motifs is 13. The number of hydrogen-bond acceptors (Lipinski definition) is 7. The zero-order valence-electron chi connectivity index (χ0n) is 33.7. The van der Waals surface area contributed by atoms with Crippen molar-refractivity contribution in [2.75, 3.05) is 4.90 Å². The Morgan fingerprint density at radius 2 is 1.08 bits per heavy atom. The number of pyridine rings is 5. The number of nitrogens with zero attached hydrogens (tertiary/aromatic N) is 6. The summed E-state index contributed by atoms with van der Waals surface area (Å²) in [7, 11) is 0. The fourth-order valence-corrected chi connectivity index (χ4v) is 11.3. The number of anilines is 3. The highest BCUT2D eigenvalue weighted by Gasteiger charge is 2.54. The van der Waals surface area contributed by atoms with E-state index in [1.165, 1.54) is 43.4 Å². The summed E-state index contributed by atoms with van der Waals surface area (Å²) in [5, 5.41) is 0. The molecule has 0 N–H and O–H groups in total. The summed E-state index contributed by atoms with van der Waals surface area (Å²) in [6.45, 7) is 0. The molecule has 2 aliphatic carbocycles. The predicted molar refractivity (Wildman–Crippen MR) is 252 cm³/mol. The van der Waals surface area contributed by atoms with Gasteiger partial charge in [0.2, 0.25) is 0 Å². The second-order valence-corrected chi connectivity index (χ2v) is 17.1. The van der Waals surface area contributed by atoms with Crippen molar-refractivity contribution >= 4 is 28.8 Å². The van der Waals surface area contributed by atoms with Crippen LogP contribution in [0.1, 0.15) is 22.3 Å². The Labute approximate surface area is 368 Å². The van der Waals surface area contributed by atoms with Crippen LogP contribution in [-0.4, -0.2) is 24.9 Å². The average molecular weight is 823 g/mol. The predicted octanol–water partition coefficient (Wildman–Crippen LogP) is 13.6. The molecule has 6 heterocycles. The van der Waals surface area contributed by atoms with Gasteiger partial charge in [-0.3, -0.25) is 19.9 Å². The van der Waals surface area contributed by atoms with Gasteiger partial charge in [-0.05, 0) is 118 Å². The summed E-state index contributed by atoms with van der Waals surface area (Å²) in [5.41, 5.74) is 19.8. The van der Waals surface area contributed by atoms with Gasteiger partial charge in [0.25, 0.3) is 0 Å². The summed E-state index contributed by atoms with van der Waals surface area (Å²) in [4.78, 5) is 29.3. The average Bonchev–Trinajstić information content (AvgIpc) is 3.83. The molecule has 3 aliphatic rings. The maximum absolute atomic E-state index is 5.37. The molecule has 1 atom stereocenters. The van der Waals surface area contributed by atoms with Crippen LogP contribution in [0.15, 0.2) is 217 Å². The summed E-state index contributed by atoms with van der Waals surface area (Å²) in [6.07, 6.45) is 11.2. The van der Waals surface area contributed by atoms with Crippen LogP contribution in [0.3, 0.4) is 0 Å². The lowest BCUT2D eigenvalue weighted by molar-refractivity contribution is 0.788. The third kappa shape index (κ3) is 5.30.